The summed E-state index contributed by atoms with van der Waals surface area (Å²) in [6.45, 7) is 26.6. The molecule has 0 saturated carbocycles. The van der Waals surface area contributed by atoms with Gasteiger partial charge in [-0.3, -0.25) is 0 Å². The van der Waals surface area contributed by atoms with Crippen LogP contribution in [0.25, 0.3) is 0 Å². The van der Waals surface area contributed by atoms with Crippen molar-refractivity contribution in [2.24, 2.45) is 0 Å². The van der Waals surface area contributed by atoms with Crippen molar-refractivity contribution in [3.05, 3.63) is 12.7 Å². The average molecular weight is 369 g/mol. The molecule has 0 aliphatic heterocycles. The second kappa shape index (κ2) is 8.36. The van der Waals surface area contributed by atoms with Crippen molar-refractivity contribution in [2.45, 2.75) is 103 Å². The van der Waals surface area contributed by atoms with Crippen LogP contribution in [-0.4, -0.2) is 28.8 Å². The molecule has 0 amide bonds. The number of hydrogen-bond acceptors (Lipinski definition) is 2. The van der Waals surface area contributed by atoms with Gasteiger partial charge in [-0.15, -0.1) is 18.9 Å². The largest absolute Gasteiger partial charge is 0.413 e. The Labute approximate surface area is 153 Å². The van der Waals surface area contributed by atoms with E-state index in [0.717, 1.165) is 6.42 Å². The van der Waals surface area contributed by atoms with Gasteiger partial charge in [0.2, 0.25) is 0 Å². The van der Waals surface area contributed by atoms with Crippen LogP contribution in [0.2, 0.25) is 36.3 Å². The molecule has 0 aromatic carbocycles. The van der Waals surface area contributed by atoms with Crippen molar-refractivity contribution in [1.82, 2.24) is 0 Å². The minimum atomic E-state index is -1.85. The van der Waals surface area contributed by atoms with E-state index in [1.807, 2.05) is 6.08 Å². The van der Waals surface area contributed by atoms with E-state index in [2.05, 4.69) is 80.2 Å². The first-order valence-corrected chi connectivity index (χ1v) is 14.8. The molecule has 0 spiro atoms. The lowest BCUT2D eigenvalue weighted by Gasteiger charge is -2.41. The zero-order valence-corrected chi connectivity index (χ0v) is 19.7. The summed E-state index contributed by atoms with van der Waals surface area (Å²) in [5.74, 6) is 2.78. The minimum Gasteiger partial charge on any atom is -0.413 e. The lowest BCUT2D eigenvalue weighted by molar-refractivity contribution is 0.117. The first-order chi connectivity index (χ1) is 10.6. The molecule has 24 heavy (non-hydrogen) atoms. The third kappa shape index (κ3) is 6.88. The normalized spacial score (nSPS) is 16.4. The second-order valence-corrected chi connectivity index (χ2v) is 19.3. The molecule has 1 unspecified atom stereocenters. The first kappa shape index (κ1) is 23.7. The van der Waals surface area contributed by atoms with Crippen LogP contribution < -0.4 is 0 Å². The van der Waals surface area contributed by atoms with E-state index in [1.165, 1.54) is 0 Å². The topological polar surface area (TPSA) is 18.5 Å². The van der Waals surface area contributed by atoms with Gasteiger partial charge in [-0.1, -0.05) is 47.6 Å². The van der Waals surface area contributed by atoms with Gasteiger partial charge in [0.1, 0.15) is 0 Å². The van der Waals surface area contributed by atoms with Gasteiger partial charge in [-0.25, -0.2) is 0 Å². The van der Waals surface area contributed by atoms with Crippen molar-refractivity contribution in [1.29, 1.82) is 0 Å². The van der Waals surface area contributed by atoms with Crippen LogP contribution in [0.1, 0.15) is 54.4 Å². The zero-order chi connectivity index (χ0) is 19.4. The fraction of sp³-hybridized carbons (Fsp3) is 0.800. The van der Waals surface area contributed by atoms with Crippen LogP contribution in [0.5, 0.6) is 0 Å². The van der Waals surface area contributed by atoms with Crippen LogP contribution in [0.4, 0.5) is 0 Å². The number of hydrogen-bond donors (Lipinski definition) is 0. The highest BCUT2D eigenvalue weighted by molar-refractivity contribution is 6.74. The van der Waals surface area contributed by atoms with E-state index < -0.39 is 16.6 Å². The van der Waals surface area contributed by atoms with Crippen LogP contribution in [0.3, 0.4) is 0 Å². The van der Waals surface area contributed by atoms with Gasteiger partial charge in [0, 0.05) is 12.8 Å². The molecule has 0 aromatic heterocycles. The molecular formula is C20H40O2Si2. The SMILES string of the molecule is C#CC[C@H](CC(C=C)O[Si](C)(C)C(C)(C)C)O[Si](C)(C)C(C)(C)C. The van der Waals surface area contributed by atoms with E-state index >= 15 is 0 Å². The summed E-state index contributed by atoms with van der Waals surface area (Å²) in [6, 6.07) is 0. The summed E-state index contributed by atoms with van der Waals surface area (Å²) in [4.78, 5) is 0. The number of rotatable bonds is 8. The summed E-state index contributed by atoms with van der Waals surface area (Å²) < 4.78 is 13.1. The molecule has 0 aromatic rings. The summed E-state index contributed by atoms with van der Waals surface area (Å²) in [5, 5.41) is 0.347. The molecule has 0 N–H and O–H groups in total. The predicted molar refractivity (Wildman–Crippen MR) is 112 cm³/mol. The Morgan fingerprint density at radius 3 is 1.71 bits per heavy atom. The molecule has 0 saturated heterocycles. The fourth-order valence-corrected chi connectivity index (χ4v) is 4.57. The Bertz CT molecular complexity index is 448. The van der Waals surface area contributed by atoms with Gasteiger partial charge in [0.15, 0.2) is 16.6 Å². The maximum absolute atomic E-state index is 6.56. The van der Waals surface area contributed by atoms with E-state index in [-0.39, 0.29) is 22.3 Å². The Kier molecular flexibility index (Phi) is 8.24. The molecule has 140 valence electrons. The van der Waals surface area contributed by atoms with Crippen molar-refractivity contribution in [3.63, 3.8) is 0 Å². The summed E-state index contributed by atoms with van der Waals surface area (Å²) >= 11 is 0. The van der Waals surface area contributed by atoms with Crippen molar-refractivity contribution in [2.75, 3.05) is 0 Å². The van der Waals surface area contributed by atoms with Gasteiger partial charge in [-0.05, 0) is 36.3 Å². The van der Waals surface area contributed by atoms with Gasteiger partial charge in [0.05, 0.1) is 12.2 Å². The highest BCUT2D eigenvalue weighted by Crippen LogP contribution is 2.40. The minimum absolute atomic E-state index is 0.00555. The van der Waals surface area contributed by atoms with Gasteiger partial charge in [0.25, 0.3) is 0 Å². The molecule has 0 bridgehead atoms. The van der Waals surface area contributed by atoms with Crippen LogP contribution >= 0.6 is 0 Å². The molecule has 0 aliphatic rings. The van der Waals surface area contributed by atoms with Crippen molar-refractivity contribution >= 4 is 16.6 Å². The lowest BCUT2D eigenvalue weighted by atomic mass is 10.1. The van der Waals surface area contributed by atoms with Crippen molar-refractivity contribution < 1.29 is 8.85 Å². The molecule has 2 nitrogen and oxygen atoms in total. The first-order valence-electron chi connectivity index (χ1n) is 8.99. The molecule has 0 radical (unpaired) electrons. The quantitative estimate of drug-likeness (QED) is 0.282. The fourth-order valence-electron chi connectivity index (χ4n) is 1.90. The van der Waals surface area contributed by atoms with Gasteiger partial charge in [-0.2, -0.15) is 0 Å². The van der Waals surface area contributed by atoms with E-state index in [4.69, 9.17) is 15.3 Å². The standard InChI is InChI=1S/C20H40O2Si2/c1-13-15-18(22-24(11,12)20(6,7)8)16-17(14-2)21-23(9,10)19(3,4)5/h1,14,17-18H,2,15-16H2,3-12H3/t17?,18-/m1/s1. The highest BCUT2D eigenvalue weighted by Gasteiger charge is 2.41. The molecule has 0 fully saturated rings. The van der Waals surface area contributed by atoms with Crippen LogP contribution in [0, 0.1) is 12.3 Å². The van der Waals surface area contributed by atoms with E-state index in [9.17, 15) is 0 Å². The maximum atomic E-state index is 6.56. The monoisotopic (exact) mass is 368 g/mol. The Balaban J connectivity index is 5.16. The van der Waals surface area contributed by atoms with Gasteiger partial charge >= 0.3 is 0 Å². The van der Waals surface area contributed by atoms with E-state index in [0.29, 0.717) is 6.42 Å². The summed E-state index contributed by atoms with van der Waals surface area (Å²) in [6.07, 6.45) is 8.95. The third-order valence-electron chi connectivity index (χ3n) is 5.62. The van der Waals surface area contributed by atoms with Gasteiger partial charge < -0.3 is 8.85 Å². The number of terminal acetylenes is 1. The molecule has 2 atom stereocenters. The average Bonchev–Trinajstić information content (AvgIpc) is 2.34. The second-order valence-electron chi connectivity index (χ2n) is 9.80. The zero-order valence-electron chi connectivity index (χ0n) is 17.7. The summed E-state index contributed by atoms with van der Waals surface area (Å²) in [7, 11) is -3.70. The molecule has 4 heteroatoms. The molecular weight excluding hydrogens is 328 g/mol. The third-order valence-corrected chi connectivity index (χ3v) is 14.7. The maximum Gasteiger partial charge on any atom is 0.192 e. The lowest BCUT2D eigenvalue weighted by Crippen LogP contribution is -2.47. The van der Waals surface area contributed by atoms with Crippen LogP contribution in [0.15, 0.2) is 12.7 Å². The van der Waals surface area contributed by atoms with Crippen molar-refractivity contribution in [3.8, 4) is 12.3 Å². The molecule has 0 heterocycles. The van der Waals surface area contributed by atoms with E-state index in [1.54, 1.807) is 0 Å². The Morgan fingerprint density at radius 2 is 1.38 bits per heavy atom. The highest BCUT2D eigenvalue weighted by atomic mass is 28.4. The van der Waals surface area contributed by atoms with Crippen LogP contribution in [-0.2, 0) is 8.85 Å². The summed E-state index contributed by atoms with van der Waals surface area (Å²) in [5.41, 5.74) is 0. The predicted octanol–water partition coefficient (Wildman–Crippen LogP) is 6.37. The molecule has 0 rings (SSSR count). The Hall–Kier alpha value is -0.346. The molecule has 0 aliphatic carbocycles. The Morgan fingerprint density at radius 1 is 0.958 bits per heavy atom. The smallest absolute Gasteiger partial charge is 0.192 e.